The summed E-state index contributed by atoms with van der Waals surface area (Å²) in [6, 6.07) is 9.10. The molecule has 1 N–H and O–H groups in total. The number of benzene rings is 1. The Morgan fingerprint density at radius 2 is 1.94 bits per heavy atom. The van der Waals surface area contributed by atoms with E-state index in [0.717, 1.165) is 10.6 Å². The number of nitrogens with zero attached hydrogens (tertiary/aromatic N) is 1. The van der Waals surface area contributed by atoms with E-state index in [2.05, 4.69) is 0 Å². The Bertz CT molecular complexity index is 534. The lowest BCUT2D eigenvalue weighted by atomic mass is 10.2. The van der Waals surface area contributed by atoms with Crippen LogP contribution >= 0.6 is 11.3 Å². The lowest BCUT2D eigenvalue weighted by Gasteiger charge is -2.05. The van der Waals surface area contributed by atoms with Crippen LogP contribution in [-0.2, 0) is 7.05 Å². The predicted octanol–water partition coefficient (Wildman–Crippen LogP) is 2.27. The first-order valence-electron chi connectivity index (χ1n) is 5.69. The molecule has 0 aliphatic rings. The van der Waals surface area contributed by atoms with Crippen molar-refractivity contribution in [2.24, 2.45) is 7.05 Å². The molecule has 1 atom stereocenters. The van der Waals surface area contributed by atoms with Gasteiger partial charge in [0.05, 0.1) is 6.25 Å². The van der Waals surface area contributed by atoms with Gasteiger partial charge in [-0.2, -0.15) is 4.57 Å². The highest BCUT2D eigenvalue weighted by Gasteiger charge is 2.25. The van der Waals surface area contributed by atoms with Crippen LogP contribution in [0.3, 0.4) is 0 Å². The summed E-state index contributed by atoms with van der Waals surface area (Å²) in [5.41, 5.74) is 1.68. The Morgan fingerprint density at radius 1 is 1.31 bits per heavy atom. The molecule has 16 heavy (non-hydrogen) atoms. The van der Waals surface area contributed by atoms with Crippen molar-refractivity contribution in [3.8, 4) is 0 Å². The zero-order valence-corrected chi connectivity index (χ0v) is 10.5. The Labute approximate surface area is 101 Å². The smallest absolute Gasteiger partial charge is 0.271 e. The summed E-state index contributed by atoms with van der Waals surface area (Å²) in [4.78, 5) is 1.13. The molecule has 84 valence electrons. The zero-order valence-electron chi connectivity index (χ0n) is 10.7. The summed E-state index contributed by atoms with van der Waals surface area (Å²) in [6.45, 7) is 4.00. The molecule has 0 radical (unpaired) electrons. The second-order valence-electron chi connectivity index (χ2n) is 3.82. The average Bonchev–Trinajstić information content (AvgIpc) is 2.59. The van der Waals surface area contributed by atoms with Crippen molar-refractivity contribution >= 4 is 11.3 Å². The zero-order chi connectivity index (χ0) is 12.6. The van der Waals surface area contributed by atoms with Crippen molar-refractivity contribution in [2.75, 3.05) is 0 Å². The molecule has 0 aliphatic heterocycles. The minimum Gasteiger partial charge on any atom is -0.377 e. The topological polar surface area (TPSA) is 24.1 Å². The monoisotopic (exact) mass is 236 g/mol. The summed E-state index contributed by atoms with van der Waals surface area (Å²) in [6.07, 6.45) is -1.68. The van der Waals surface area contributed by atoms with Gasteiger partial charge in [0.15, 0.2) is 11.8 Å². The van der Waals surface area contributed by atoms with Gasteiger partial charge in [0, 0.05) is 6.92 Å². The van der Waals surface area contributed by atoms with Crippen molar-refractivity contribution in [3.63, 3.8) is 0 Å². The van der Waals surface area contributed by atoms with Crippen LogP contribution in [0.25, 0.3) is 0 Å². The molecule has 2 rings (SSSR count). The molecule has 1 unspecified atom stereocenters. The summed E-state index contributed by atoms with van der Waals surface area (Å²) in [5.74, 6) is 0. The van der Waals surface area contributed by atoms with Crippen LogP contribution < -0.4 is 4.57 Å². The number of aryl methyl sites for hydroxylation is 1. The van der Waals surface area contributed by atoms with Crippen LogP contribution in [-0.4, -0.2) is 5.11 Å². The third-order valence-electron chi connectivity index (χ3n) is 2.82. The molecule has 3 heteroatoms. The fraction of sp³-hybridized carbons (Fsp3) is 0.308. The van der Waals surface area contributed by atoms with Gasteiger partial charge in [-0.3, -0.25) is 0 Å². The number of rotatable bonds is 2. The first-order chi connectivity index (χ1) is 7.94. The quantitative estimate of drug-likeness (QED) is 0.795. The van der Waals surface area contributed by atoms with E-state index in [1.165, 1.54) is 11.3 Å². The first kappa shape index (κ1) is 10.00. The third kappa shape index (κ3) is 1.88. The van der Waals surface area contributed by atoms with Gasteiger partial charge < -0.3 is 5.11 Å². The van der Waals surface area contributed by atoms with E-state index in [9.17, 15) is 5.11 Å². The molecule has 0 saturated carbocycles. The first-order valence-corrected chi connectivity index (χ1v) is 6.00. The second-order valence-corrected chi connectivity index (χ2v) is 5.03. The second kappa shape index (κ2) is 4.36. The Hall–Kier alpha value is -1.19. The number of aliphatic hydroxyl groups is 1. The Morgan fingerprint density at radius 3 is 2.44 bits per heavy atom. The molecule has 0 saturated heterocycles. The van der Waals surface area contributed by atoms with Crippen LogP contribution in [0.5, 0.6) is 0 Å². The maximum atomic E-state index is 10.4. The molecule has 1 aromatic heterocycles. The summed E-state index contributed by atoms with van der Waals surface area (Å²) in [5, 5.41) is 11.1. The van der Waals surface area contributed by atoms with Crippen molar-refractivity contribution < 1.29 is 11.0 Å². The number of hydrogen-bond donors (Lipinski definition) is 1. The van der Waals surface area contributed by atoms with Gasteiger partial charge in [0.1, 0.15) is 7.05 Å². The van der Waals surface area contributed by atoms with Crippen molar-refractivity contribution in [3.05, 3.63) is 51.5 Å². The molecule has 0 amide bonds. The molecular weight excluding hydrogens is 219 g/mol. The average molecular weight is 236 g/mol. The summed E-state index contributed by atoms with van der Waals surface area (Å²) in [7, 11) is 1.89. The van der Waals surface area contributed by atoms with Gasteiger partial charge >= 0.3 is 0 Å². The van der Waals surface area contributed by atoms with E-state index in [1.54, 1.807) is 12.1 Å². The minimum atomic E-state index is -1.68. The molecule has 0 bridgehead atoms. The van der Waals surface area contributed by atoms with E-state index < -0.39 is 6.08 Å². The summed E-state index contributed by atoms with van der Waals surface area (Å²) < 4.78 is 10.1. The SMILES string of the molecule is [2H]C(O)(c1ccccc1)[13c]1sc(C)c(C)[n+]1C. The molecule has 0 fully saturated rings. The van der Waals surface area contributed by atoms with E-state index in [-0.39, 0.29) is 0 Å². The van der Waals surface area contributed by atoms with Gasteiger partial charge in [0.2, 0.25) is 0 Å². The number of aromatic nitrogens is 1. The van der Waals surface area contributed by atoms with E-state index in [1.807, 2.05) is 43.7 Å². The molecule has 2 nitrogen and oxygen atoms in total. The maximum absolute atomic E-state index is 10.4. The molecule has 0 aliphatic carbocycles. The Balaban J connectivity index is 2.56. The fourth-order valence-corrected chi connectivity index (χ4v) is 2.67. The van der Waals surface area contributed by atoms with Gasteiger partial charge in [-0.15, -0.1) is 0 Å². The van der Waals surface area contributed by atoms with Gasteiger partial charge in [0.25, 0.3) is 5.01 Å². The van der Waals surface area contributed by atoms with Crippen LogP contribution in [0.4, 0.5) is 0 Å². The van der Waals surface area contributed by atoms with Crippen molar-refractivity contribution in [1.82, 2.24) is 0 Å². The highest BCUT2D eigenvalue weighted by Crippen LogP contribution is 2.25. The van der Waals surface area contributed by atoms with E-state index >= 15 is 0 Å². The Kier molecular flexibility index (Phi) is 2.72. The molecule has 1 heterocycles. The summed E-state index contributed by atoms with van der Waals surface area (Å²) >= 11 is 1.47. The van der Waals surface area contributed by atoms with Gasteiger partial charge in [-0.25, -0.2) is 0 Å². The maximum Gasteiger partial charge on any atom is 0.271 e. The number of thiazole rings is 1. The van der Waals surface area contributed by atoms with Crippen LogP contribution in [0, 0.1) is 13.8 Å². The third-order valence-corrected chi connectivity index (χ3v) is 4.08. The predicted molar refractivity (Wildman–Crippen MR) is 65.5 cm³/mol. The lowest BCUT2D eigenvalue weighted by molar-refractivity contribution is -0.683. The van der Waals surface area contributed by atoms with Crippen LogP contribution in [0.15, 0.2) is 30.3 Å². The minimum absolute atomic E-state index is 0.594. The highest BCUT2D eigenvalue weighted by molar-refractivity contribution is 7.11. The van der Waals surface area contributed by atoms with Crippen LogP contribution in [0.1, 0.15) is 28.6 Å². The lowest BCUT2D eigenvalue weighted by Crippen LogP contribution is -2.35. The van der Waals surface area contributed by atoms with Gasteiger partial charge in [-0.1, -0.05) is 41.7 Å². The highest BCUT2D eigenvalue weighted by atomic mass is 32.1. The standard InChI is InChI=1S/C13H16NOS/c1-9-10(2)16-13(14(9)3)12(15)11-7-5-4-6-8-11/h4-8,12,15H,1-3H3/q+1/i12D,13+1. The largest absolute Gasteiger partial charge is 0.377 e. The molecule has 0 spiro atoms. The van der Waals surface area contributed by atoms with Gasteiger partial charge in [-0.05, 0) is 12.5 Å². The van der Waals surface area contributed by atoms with Crippen molar-refractivity contribution in [2.45, 2.75) is 19.9 Å². The fourth-order valence-electron chi connectivity index (χ4n) is 1.60. The molecular formula is C13H16NOS+. The van der Waals surface area contributed by atoms with Crippen molar-refractivity contribution in [1.29, 1.82) is 0 Å². The van der Waals surface area contributed by atoms with E-state index in [4.69, 9.17) is 1.37 Å². The van der Waals surface area contributed by atoms with E-state index in [0.29, 0.717) is 10.6 Å². The molecule has 1 aromatic carbocycles. The van der Waals surface area contributed by atoms with Crippen LogP contribution in [0.2, 0.25) is 0 Å². The normalized spacial score (nSPS) is 15.6. The molecule has 2 aromatic rings. The number of hydrogen-bond acceptors (Lipinski definition) is 2.